The van der Waals surface area contributed by atoms with Gasteiger partial charge in [0.15, 0.2) is 5.75 Å². The first kappa shape index (κ1) is 14.7. The average Bonchev–Trinajstić information content (AvgIpc) is 3.03. The molecule has 0 spiro atoms. The van der Waals surface area contributed by atoms with E-state index in [0.717, 1.165) is 36.8 Å². The molecule has 0 aliphatic carbocycles. The Balaban J connectivity index is 1.81. The van der Waals surface area contributed by atoms with Crippen molar-refractivity contribution in [2.24, 2.45) is 0 Å². The predicted molar refractivity (Wildman–Crippen MR) is 77.5 cm³/mol. The van der Waals surface area contributed by atoms with Crippen LogP contribution in [0, 0.1) is 0 Å². The van der Waals surface area contributed by atoms with E-state index < -0.39 is 0 Å². The molecule has 0 saturated carbocycles. The third kappa shape index (κ3) is 4.42. The number of nitrogens with zero attached hydrogens (tertiary/aromatic N) is 2. The summed E-state index contributed by atoms with van der Waals surface area (Å²) in [5, 5.41) is 7.54. The van der Waals surface area contributed by atoms with Gasteiger partial charge in [-0.1, -0.05) is 20.8 Å². The second-order valence-electron chi connectivity index (χ2n) is 5.13. The third-order valence-electron chi connectivity index (χ3n) is 2.85. The first-order chi connectivity index (χ1) is 9.67. The Bertz CT molecular complexity index is 517. The second kappa shape index (κ2) is 7.14. The van der Waals surface area contributed by atoms with Crippen molar-refractivity contribution in [3.8, 4) is 5.75 Å². The van der Waals surface area contributed by atoms with Gasteiger partial charge >= 0.3 is 0 Å². The fourth-order valence-electron chi connectivity index (χ4n) is 1.82. The summed E-state index contributed by atoms with van der Waals surface area (Å²) in [5.74, 6) is 2.53. The van der Waals surface area contributed by atoms with Crippen LogP contribution in [0.5, 0.6) is 5.75 Å². The Hall–Kier alpha value is -1.75. The maximum Gasteiger partial charge on any atom is 0.157 e. The SMILES string of the molecule is CCCn1cc(OCc2ccc(CNC(C)C)o2)cn1. The molecule has 0 amide bonds. The molecule has 2 aromatic rings. The summed E-state index contributed by atoms with van der Waals surface area (Å²) in [4.78, 5) is 0. The van der Waals surface area contributed by atoms with Gasteiger partial charge in [-0.2, -0.15) is 5.10 Å². The Labute approximate surface area is 119 Å². The fraction of sp³-hybridized carbons (Fsp3) is 0.533. The van der Waals surface area contributed by atoms with Crippen molar-refractivity contribution in [3.05, 3.63) is 36.0 Å². The Morgan fingerprint density at radius 1 is 1.35 bits per heavy atom. The van der Waals surface area contributed by atoms with E-state index in [0.29, 0.717) is 12.6 Å². The van der Waals surface area contributed by atoms with Crippen molar-refractivity contribution in [3.63, 3.8) is 0 Å². The molecule has 5 nitrogen and oxygen atoms in total. The van der Waals surface area contributed by atoms with E-state index in [1.54, 1.807) is 6.20 Å². The summed E-state index contributed by atoms with van der Waals surface area (Å²) in [6.07, 6.45) is 4.71. The number of nitrogens with one attached hydrogen (secondary N) is 1. The average molecular weight is 277 g/mol. The minimum atomic E-state index is 0.430. The topological polar surface area (TPSA) is 52.2 Å². The highest BCUT2D eigenvalue weighted by atomic mass is 16.5. The lowest BCUT2D eigenvalue weighted by molar-refractivity contribution is 0.264. The van der Waals surface area contributed by atoms with Gasteiger partial charge in [-0.15, -0.1) is 0 Å². The molecule has 0 fully saturated rings. The van der Waals surface area contributed by atoms with E-state index in [1.807, 2.05) is 23.0 Å². The molecule has 1 N–H and O–H groups in total. The Morgan fingerprint density at radius 2 is 2.15 bits per heavy atom. The van der Waals surface area contributed by atoms with E-state index in [1.165, 1.54) is 0 Å². The van der Waals surface area contributed by atoms with Crippen LogP contribution < -0.4 is 10.1 Å². The van der Waals surface area contributed by atoms with Crippen LogP contribution in [0.2, 0.25) is 0 Å². The molecule has 0 radical (unpaired) electrons. The van der Waals surface area contributed by atoms with E-state index >= 15 is 0 Å². The minimum absolute atomic E-state index is 0.430. The molecule has 5 heteroatoms. The molecule has 0 atom stereocenters. The highest BCUT2D eigenvalue weighted by Crippen LogP contribution is 2.14. The monoisotopic (exact) mass is 277 g/mol. The Kier molecular flexibility index (Phi) is 5.24. The van der Waals surface area contributed by atoms with Crippen molar-refractivity contribution in [2.45, 2.75) is 52.9 Å². The number of hydrogen-bond donors (Lipinski definition) is 1. The number of rotatable bonds is 8. The van der Waals surface area contributed by atoms with Crippen molar-refractivity contribution in [1.82, 2.24) is 15.1 Å². The van der Waals surface area contributed by atoms with Gasteiger partial charge in [-0.25, -0.2) is 0 Å². The molecule has 2 aromatic heterocycles. The highest BCUT2D eigenvalue weighted by molar-refractivity contribution is 5.13. The van der Waals surface area contributed by atoms with Crippen LogP contribution in [0.15, 0.2) is 28.9 Å². The van der Waals surface area contributed by atoms with Crippen LogP contribution in [-0.4, -0.2) is 15.8 Å². The van der Waals surface area contributed by atoms with Gasteiger partial charge < -0.3 is 14.5 Å². The van der Waals surface area contributed by atoms with Gasteiger partial charge in [-0.3, -0.25) is 4.68 Å². The van der Waals surface area contributed by atoms with Gasteiger partial charge in [-0.05, 0) is 18.6 Å². The summed E-state index contributed by atoms with van der Waals surface area (Å²) >= 11 is 0. The number of ether oxygens (including phenoxy) is 1. The molecule has 110 valence electrons. The molecule has 0 bridgehead atoms. The molecule has 0 aromatic carbocycles. The first-order valence-electron chi connectivity index (χ1n) is 7.13. The van der Waals surface area contributed by atoms with E-state index in [2.05, 4.69) is 31.2 Å². The molecule has 2 heterocycles. The number of furan rings is 1. The Morgan fingerprint density at radius 3 is 2.90 bits per heavy atom. The lowest BCUT2D eigenvalue weighted by Gasteiger charge is -2.05. The number of aryl methyl sites for hydroxylation is 1. The quantitative estimate of drug-likeness (QED) is 0.806. The van der Waals surface area contributed by atoms with E-state index in [9.17, 15) is 0 Å². The van der Waals surface area contributed by atoms with Gasteiger partial charge in [0.1, 0.15) is 18.1 Å². The minimum Gasteiger partial charge on any atom is -0.482 e. The zero-order valence-corrected chi connectivity index (χ0v) is 12.4. The second-order valence-corrected chi connectivity index (χ2v) is 5.13. The van der Waals surface area contributed by atoms with E-state index in [4.69, 9.17) is 9.15 Å². The predicted octanol–water partition coefficient (Wildman–Crippen LogP) is 2.96. The summed E-state index contributed by atoms with van der Waals surface area (Å²) < 4.78 is 13.2. The molecule has 0 aliphatic heterocycles. The standard InChI is InChI=1S/C15H23N3O2/c1-4-7-18-10-15(9-17-18)19-11-14-6-5-13(20-14)8-16-12(2)3/h5-6,9-10,12,16H,4,7-8,11H2,1-3H3. The zero-order valence-electron chi connectivity index (χ0n) is 12.4. The largest absolute Gasteiger partial charge is 0.482 e. The van der Waals surface area contributed by atoms with Crippen molar-refractivity contribution in [2.75, 3.05) is 0 Å². The molecular weight excluding hydrogens is 254 g/mol. The van der Waals surface area contributed by atoms with E-state index in [-0.39, 0.29) is 0 Å². The van der Waals surface area contributed by atoms with Crippen molar-refractivity contribution in [1.29, 1.82) is 0 Å². The molecule has 20 heavy (non-hydrogen) atoms. The summed E-state index contributed by atoms with van der Waals surface area (Å²) in [6.45, 7) is 8.43. The van der Waals surface area contributed by atoms with Crippen LogP contribution in [0.1, 0.15) is 38.7 Å². The van der Waals surface area contributed by atoms with Gasteiger partial charge in [0, 0.05) is 12.6 Å². The first-order valence-corrected chi connectivity index (χ1v) is 7.13. The maximum atomic E-state index is 5.70. The lowest BCUT2D eigenvalue weighted by Crippen LogP contribution is -2.21. The smallest absolute Gasteiger partial charge is 0.157 e. The number of aromatic nitrogens is 2. The van der Waals surface area contributed by atoms with Crippen LogP contribution >= 0.6 is 0 Å². The third-order valence-corrected chi connectivity index (χ3v) is 2.85. The van der Waals surface area contributed by atoms with Gasteiger partial charge in [0.25, 0.3) is 0 Å². The van der Waals surface area contributed by atoms with Crippen molar-refractivity contribution < 1.29 is 9.15 Å². The van der Waals surface area contributed by atoms with Crippen LogP contribution in [0.25, 0.3) is 0 Å². The molecular formula is C15H23N3O2. The highest BCUT2D eigenvalue weighted by Gasteiger charge is 2.05. The van der Waals surface area contributed by atoms with Crippen molar-refractivity contribution >= 4 is 0 Å². The van der Waals surface area contributed by atoms with Crippen LogP contribution in [0.4, 0.5) is 0 Å². The summed E-state index contributed by atoms with van der Waals surface area (Å²) in [5.41, 5.74) is 0. The lowest BCUT2D eigenvalue weighted by atomic mass is 10.3. The van der Waals surface area contributed by atoms with Crippen LogP contribution in [0.3, 0.4) is 0 Å². The summed E-state index contributed by atoms with van der Waals surface area (Å²) in [6, 6.07) is 4.38. The van der Waals surface area contributed by atoms with Gasteiger partial charge in [0.05, 0.1) is 18.9 Å². The maximum absolute atomic E-state index is 5.70. The summed E-state index contributed by atoms with van der Waals surface area (Å²) in [7, 11) is 0. The normalized spacial score (nSPS) is 11.2. The zero-order chi connectivity index (χ0) is 14.4. The molecule has 0 saturated heterocycles. The fourth-order valence-corrected chi connectivity index (χ4v) is 1.82. The molecule has 0 aliphatic rings. The molecule has 2 rings (SSSR count). The van der Waals surface area contributed by atoms with Gasteiger partial charge in [0.2, 0.25) is 0 Å². The van der Waals surface area contributed by atoms with Crippen LogP contribution in [-0.2, 0) is 19.7 Å². The number of hydrogen-bond acceptors (Lipinski definition) is 4. The molecule has 0 unspecified atom stereocenters.